The van der Waals surface area contributed by atoms with Gasteiger partial charge < -0.3 is 20.1 Å². The predicted octanol–water partition coefficient (Wildman–Crippen LogP) is 2.20. The number of carbonyl (C=O) groups excluding carboxylic acids is 1. The number of nitrogens with zero attached hydrogens (tertiary/aromatic N) is 1. The third kappa shape index (κ3) is 4.36. The number of benzene rings is 1. The van der Waals surface area contributed by atoms with Crippen LogP contribution in [0.4, 0.5) is 13.2 Å². The maximum atomic E-state index is 12.3. The Bertz CT molecular complexity index is 623. The van der Waals surface area contributed by atoms with Crippen LogP contribution < -0.4 is 15.2 Å². The van der Waals surface area contributed by atoms with Gasteiger partial charge in [0.1, 0.15) is 0 Å². The molecule has 3 atom stereocenters. The molecule has 0 bridgehead atoms. The van der Waals surface area contributed by atoms with Gasteiger partial charge >= 0.3 is 6.18 Å². The number of ether oxygens (including phenoxy) is 2. The van der Waals surface area contributed by atoms with Crippen LogP contribution in [0.1, 0.15) is 12.8 Å². The average Bonchev–Trinajstić information content (AvgIpc) is 3.13. The van der Waals surface area contributed by atoms with Crippen molar-refractivity contribution in [1.29, 1.82) is 0 Å². The Kier molecular flexibility index (Phi) is 5.08. The summed E-state index contributed by atoms with van der Waals surface area (Å²) in [5, 5.41) is 0. The van der Waals surface area contributed by atoms with Gasteiger partial charge in [0.15, 0.2) is 24.7 Å². The van der Waals surface area contributed by atoms with Crippen LogP contribution in [0.2, 0.25) is 0 Å². The number of likely N-dealkylation sites (tertiary alicyclic amines) is 1. The van der Waals surface area contributed by atoms with E-state index in [2.05, 4.69) is 0 Å². The summed E-state index contributed by atoms with van der Waals surface area (Å²) in [7, 11) is 0. The maximum Gasteiger partial charge on any atom is 0.422 e. The number of halogens is 3. The quantitative estimate of drug-likeness (QED) is 0.877. The van der Waals surface area contributed by atoms with Crippen molar-refractivity contribution in [3.63, 3.8) is 0 Å². The molecule has 8 heteroatoms. The Morgan fingerprint density at radius 2 is 1.84 bits per heavy atom. The Morgan fingerprint density at radius 1 is 1.16 bits per heavy atom. The van der Waals surface area contributed by atoms with Crippen molar-refractivity contribution in [3.8, 4) is 11.5 Å². The summed E-state index contributed by atoms with van der Waals surface area (Å²) < 4.78 is 47.0. The first kappa shape index (κ1) is 17.8. The summed E-state index contributed by atoms with van der Waals surface area (Å²) >= 11 is 0. The molecule has 138 valence electrons. The molecule has 1 aromatic rings. The van der Waals surface area contributed by atoms with Crippen LogP contribution >= 0.6 is 0 Å². The van der Waals surface area contributed by atoms with E-state index in [0.717, 1.165) is 12.8 Å². The van der Waals surface area contributed by atoms with Crippen molar-refractivity contribution >= 4 is 5.91 Å². The van der Waals surface area contributed by atoms with Crippen LogP contribution in [-0.4, -0.2) is 49.3 Å². The number of fused-ring (bicyclic) bond motifs is 1. The maximum absolute atomic E-state index is 12.3. The third-order valence-corrected chi connectivity index (χ3v) is 4.86. The number of rotatable bonds is 5. The minimum atomic E-state index is -4.44. The summed E-state index contributed by atoms with van der Waals surface area (Å²) in [6.45, 7) is -0.344. The molecule has 2 N–H and O–H groups in total. The second kappa shape index (κ2) is 7.11. The lowest BCUT2D eigenvalue weighted by atomic mass is 9.98. The van der Waals surface area contributed by atoms with Crippen LogP contribution in [0.5, 0.6) is 11.5 Å². The number of para-hydroxylation sites is 2. The highest BCUT2D eigenvalue weighted by atomic mass is 19.4. The van der Waals surface area contributed by atoms with Gasteiger partial charge in [0.05, 0.1) is 0 Å². The third-order valence-electron chi connectivity index (χ3n) is 4.86. The first-order valence-electron chi connectivity index (χ1n) is 8.28. The van der Waals surface area contributed by atoms with Gasteiger partial charge in [0.25, 0.3) is 5.91 Å². The van der Waals surface area contributed by atoms with Crippen LogP contribution in [0, 0.1) is 11.8 Å². The Balaban J connectivity index is 1.54. The van der Waals surface area contributed by atoms with Crippen molar-refractivity contribution in [2.24, 2.45) is 17.6 Å². The standard InChI is InChI=1S/C17H21F3N2O3/c18-17(19,20)10-25-15-4-2-1-3-14(15)24-9-16(23)22-7-11-5-6-13(21)12(11)8-22/h1-4,11-13H,5-10,21H2. The lowest BCUT2D eigenvalue weighted by Crippen LogP contribution is -2.36. The number of alkyl halides is 3. The fraction of sp³-hybridized carbons (Fsp3) is 0.588. The number of nitrogens with two attached hydrogens (primary N) is 1. The first-order valence-corrected chi connectivity index (χ1v) is 8.28. The van der Waals surface area contributed by atoms with Crippen molar-refractivity contribution < 1.29 is 27.4 Å². The van der Waals surface area contributed by atoms with Crippen molar-refractivity contribution in [2.45, 2.75) is 25.1 Å². The van der Waals surface area contributed by atoms with Gasteiger partial charge in [-0.2, -0.15) is 13.2 Å². The molecule has 2 aliphatic rings. The molecule has 3 rings (SSSR count). The Morgan fingerprint density at radius 3 is 2.48 bits per heavy atom. The molecule has 3 unspecified atom stereocenters. The van der Waals surface area contributed by atoms with E-state index in [9.17, 15) is 18.0 Å². The van der Waals surface area contributed by atoms with E-state index < -0.39 is 12.8 Å². The molecule has 25 heavy (non-hydrogen) atoms. The molecule has 1 aliphatic heterocycles. The number of amides is 1. The average molecular weight is 358 g/mol. The van der Waals surface area contributed by atoms with Crippen LogP contribution in [0.25, 0.3) is 0 Å². The lowest BCUT2D eigenvalue weighted by Gasteiger charge is -2.19. The van der Waals surface area contributed by atoms with E-state index in [-0.39, 0.29) is 30.1 Å². The first-order chi connectivity index (χ1) is 11.8. The second-order valence-corrected chi connectivity index (χ2v) is 6.60. The van der Waals surface area contributed by atoms with Gasteiger partial charge in [0, 0.05) is 19.1 Å². The minimum Gasteiger partial charge on any atom is -0.480 e. The normalized spacial score (nSPS) is 25.8. The van der Waals surface area contributed by atoms with Gasteiger partial charge in [-0.15, -0.1) is 0 Å². The molecular weight excluding hydrogens is 337 g/mol. The van der Waals surface area contributed by atoms with Crippen molar-refractivity contribution in [1.82, 2.24) is 4.90 Å². The lowest BCUT2D eigenvalue weighted by molar-refractivity contribution is -0.153. The van der Waals surface area contributed by atoms with Gasteiger partial charge in [-0.05, 0) is 36.8 Å². The molecule has 2 fully saturated rings. The van der Waals surface area contributed by atoms with E-state index >= 15 is 0 Å². The van der Waals surface area contributed by atoms with Gasteiger partial charge in [-0.1, -0.05) is 12.1 Å². The molecule has 0 spiro atoms. The molecular formula is C17H21F3N2O3. The number of hydrogen-bond acceptors (Lipinski definition) is 4. The largest absolute Gasteiger partial charge is 0.480 e. The van der Waals surface area contributed by atoms with E-state index in [1.807, 2.05) is 0 Å². The zero-order valence-corrected chi connectivity index (χ0v) is 13.7. The topological polar surface area (TPSA) is 64.8 Å². The molecule has 1 amide bonds. The molecule has 1 saturated heterocycles. The summed E-state index contributed by atoms with van der Waals surface area (Å²) in [5.41, 5.74) is 6.06. The molecule has 1 aromatic carbocycles. The highest BCUT2D eigenvalue weighted by Gasteiger charge is 2.42. The molecule has 1 aliphatic carbocycles. The van der Waals surface area contributed by atoms with Crippen LogP contribution in [0.15, 0.2) is 24.3 Å². The zero-order chi connectivity index (χ0) is 18.0. The van der Waals surface area contributed by atoms with E-state index in [1.54, 1.807) is 17.0 Å². The van der Waals surface area contributed by atoms with Crippen LogP contribution in [0.3, 0.4) is 0 Å². The van der Waals surface area contributed by atoms with Gasteiger partial charge in [-0.25, -0.2) is 0 Å². The minimum absolute atomic E-state index is 0.0343. The van der Waals surface area contributed by atoms with Crippen LogP contribution in [-0.2, 0) is 4.79 Å². The Labute approximate surface area is 143 Å². The SMILES string of the molecule is NC1CCC2CN(C(=O)COc3ccccc3OCC(F)(F)F)CC12. The second-order valence-electron chi connectivity index (χ2n) is 6.60. The summed E-state index contributed by atoms with van der Waals surface area (Å²) in [6, 6.07) is 6.15. The molecule has 0 aromatic heterocycles. The van der Waals surface area contributed by atoms with Gasteiger partial charge in [-0.3, -0.25) is 4.79 Å². The van der Waals surface area contributed by atoms with Crippen molar-refractivity contribution in [3.05, 3.63) is 24.3 Å². The Hall–Kier alpha value is -1.96. The molecule has 0 radical (unpaired) electrons. The van der Waals surface area contributed by atoms with Crippen molar-refractivity contribution in [2.75, 3.05) is 26.3 Å². The van der Waals surface area contributed by atoms with E-state index in [1.165, 1.54) is 12.1 Å². The fourth-order valence-electron chi connectivity index (χ4n) is 3.59. The monoisotopic (exact) mass is 358 g/mol. The number of hydrogen-bond donors (Lipinski definition) is 1. The highest BCUT2D eigenvalue weighted by Crippen LogP contribution is 2.37. The zero-order valence-electron chi connectivity index (χ0n) is 13.7. The predicted molar refractivity (Wildman–Crippen MR) is 84.3 cm³/mol. The van der Waals surface area contributed by atoms with Gasteiger partial charge in [0.2, 0.25) is 0 Å². The van der Waals surface area contributed by atoms with E-state index in [4.69, 9.17) is 15.2 Å². The highest BCUT2D eigenvalue weighted by molar-refractivity contribution is 5.78. The fourth-order valence-corrected chi connectivity index (χ4v) is 3.59. The summed E-state index contributed by atoms with van der Waals surface area (Å²) in [5.74, 6) is 0.684. The molecule has 5 nitrogen and oxygen atoms in total. The smallest absolute Gasteiger partial charge is 0.422 e. The number of carbonyl (C=O) groups is 1. The molecule has 1 saturated carbocycles. The molecule has 1 heterocycles. The summed E-state index contributed by atoms with van der Waals surface area (Å²) in [4.78, 5) is 14.1. The van der Waals surface area contributed by atoms with E-state index in [0.29, 0.717) is 24.9 Å². The summed E-state index contributed by atoms with van der Waals surface area (Å²) in [6.07, 6.45) is -2.41.